The summed E-state index contributed by atoms with van der Waals surface area (Å²) in [5.41, 5.74) is 0. The monoisotopic (exact) mass is 134 g/mol. The van der Waals surface area contributed by atoms with Crippen LogP contribution in [0.1, 0.15) is 42.0 Å². The summed E-state index contributed by atoms with van der Waals surface area (Å²) in [6.45, 7) is 7.07. The fraction of sp³-hybridized carbons (Fsp3) is 1.00. The maximum Gasteiger partial charge on any atom is 0.0544 e. The maximum atomic E-state index is 5.19. The summed E-state index contributed by atoms with van der Waals surface area (Å²) in [4.78, 5) is 0. The van der Waals surface area contributed by atoms with Crippen LogP contribution in [0.2, 0.25) is 0 Å². The van der Waals surface area contributed by atoms with Gasteiger partial charge in [0.15, 0.2) is 0 Å². The van der Waals surface area contributed by atoms with Crippen LogP contribution >= 0.6 is 0 Å². The second-order valence-electron chi connectivity index (χ2n) is 1.67. The lowest BCUT2D eigenvalue weighted by Crippen LogP contribution is -2.04. The first-order valence-electron chi connectivity index (χ1n) is 2.92. The van der Waals surface area contributed by atoms with Crippen molar-refractivity contribution in [1.82, 2.24) is 0 Å². The fourth-order valence-electron chi connectivity index (χ4n) is 0.402. The summed E-state index contributed by atoms with van der Waals surface area (Å²) >= 11 is 0. The van der Waals surface area contributed by atoms with Crippen LogP contribution < -0.4 is 0 Å². The molecule has 1 unspecified atom stereocenters. The minimum atomic E-state index is 0. The van der Waals surface area contributed by atoms with Crippen LogP contribution in [0.4, 0.5) is 0 Å². The molecular weight excluding hydrogens is 112 g/mol. The Kier molecular flexibility index (Phi) is 19.3. The highest BCUT2D eigenvalue weighted by molar-refractivity contribution is 4.40. The van der Waals surface area contributed by atoms with Gasteiger partial charge in [0.2, 0.25) is 0 Å². The lowest BCUT2D eigenvalue weighted by Gasteiger charge is -2.05. The fourth-order valence-corrected chi connectivity index (χ4v) is 0.402. The summed E-state index contributed by atoms with van der Waals surface area (Å²) in [5.74, 6) is 0. The Morgan fingerprint density at radius 3 is 1.78 bits per heavy atom. The molecule has 60 valence electrons. The van der Waals surface area contributed by atoms with E-state index in [4.69, 9.17) is 4.74 Å². The van der Waals surface area contributed by atoms with Crippen LogP contribution in [-0.2, 0) is 4.74 Å². The lowest BCUT2D eigenvalue weighted by molar-refractivity contribution is 0.0739. The van der Waals surface area contributed by atoms with Crippen molar-refractivity contribution < 1.29 is 4.74 Å². The van der Waals surface area contributed by atoms with E-state index in [1.54, 1.807) is 0 Å². The van der Waals surface area contributed by atoms with Gasteiger partial charge < -0.3 is 4.74 Å². The molecule has 0 aliphatic carbocycles. The molecule has 0 amide bonds. The van der Waals surface area contributed by atoms with E-state index in [-0.39, 0.29) is 14.9 Å². The summed E-state index contributed by atoms with van der Waals surface area (Å²) in [5, 5.41) is 0. The highest BCUT2D eigenvalue weighted by atomic mass is 16.5. The van der Waals surface area contributed by atoms with Crippen LogP contribution in [0.15, 0.2) is 0 Å². The molecule has 0 saturated heterocycles. The summed E-state index contributed by atoms with van der Waals surface area (Å²) in [6, 6.07) is 0. The number of hydrogen-bond acceptors (Lipinski definition) is 1. The van der Waals surface area contributed by atoms with Crippen LogP contribution in [-0.4, -0.2) is 12.7 Å². The average molecular weight is 134 g/mol. The minimum absolute atomic E-state index is 0. The SMILES string of the molecule is C.C.CCOC(C)CC. The summed E-state index contributed by atoms with van der Waals surface area (Å²) in [7, 11) is 0. The van der Waals surface area contributed by atoms with E-state index >= 15 is 0 Å². The third-order valence-electron chi connectivity index (χ3n) is 1.03. The highest BCUT2D eigenvalue weighted by Crippen LogP contribution is 1.92. The molecule has 0 bridgehead atoms. The molecule has 1 atom stereocenters. The average Bonchev–Trinajstić information content (AvgIpc) is 1.68. The maximum absolute atomic E-state index is 5.19. The van der Waals surface area contributed by atoms with E-state index < -0.39 is 0 Å². The largest absolute Gasteiger partial charge is 0.379 e. The minimum Gasteiger partial charge on any atom is -0.379 e. The van der Waals surface area contributed by atoms with Gasteiger partial charge in [-0.05, 0) is 20.3 Å². The van der Waals surface area contributed by atoms with Crippen LogP contribution in [0.5, 0.6) is 0 Å². The van der Waals surface area contributed by atoms with Crippen molar-refractivity contribution in [2.45, 2.75) is 48.1 Å². The molecular formula is C8H22O. The third-order valence-corrected chi connectivity index (χ3v) is 1.03. The number of rotatable bonds is 3. The standard InChI is InChI=1S/C6H14O.2CH4/c1-4-6(3)7-5-2;;/h6H,4-5H2,1-3H3;2*1H4. The highest BCUT2D eigenvalue weighted by Gasteiger charge is 1.91. The zero-order valence-corrected chi connectivity index (χ0v) is 5.40. The van der Waals surface area contributed by atoms with Gasteiger partial charge >= 0.3 is 0 Å². The van der Waals surface area contributed by atoms with Crippen LogP contribution in [0.3, 0.4) is 0 Å². The van der Waals surface area contributed by atoms with Gasteiger partial charge in [0.05, 0.1) is 6.10 Å². The van der Waals surface area contributed by atoms with Crippen molar-refractivity contribution in [2.24, 2.45) is 0 Å². The first-order chi connectivity index (χ1) is 3.31. The molecule has 1 heteroatoms. The Hall–Kier alpha value is -0.0400. The predicted molar refractivity (Wildman–Crippen MR) is 44.8 cm³/mol. The van der Waals surface area contributed by atoms with Gasteiger partial charge in [-0.2, -0.15) is 0 Å². The number of hydrogen-bond donors (Lipinski definition) is 0. The molecule has 0 heterocycles. The van der Waals surface area contributed by atoms with Crippen LogP contribution in [0, 0.1) is 0 Å². The van der Waals surface area contributed by atoms with Gasteiger partial charge in [-0.3, -0.25) is 0 Å². The van der Waals surface area contributed by atoms with E-state index in [9.17, 15) is 0 Å². The molecule has 0 saturated carbocycles. The van der Waals surface area contributed by atoms with E-state index in [0.717, 1.165) is 13.0 Å². The Bertz CT molecular complexity index is 35.5. The van der Waals surface area contributed by atoms with Gasteiger partial charge in [0, 0.05) is 6.61 Å². The van der Waals surface area contributed by atoms with Gasteiger partial charge in [-0.1, -0.05) is 21.8 Å². The van der Waals surface area contributed by atoms with E-state index in [1.807, 2.05) is 6.92 Å². The van der Waals surface area contributed by atoms with Crippen molar-refractivity contribution in [3.63, 3.8) is 0 Å². The zero-order chi connectivity index (χ0) is 5.70. The Labute approximate surface area is 60.4 Å². The smallest absolute Gasteiger partial charge is 0.0544 e. The molecule has 0 aromatic rings. The first kappa shape index (κ1) is 16.0. The van der Waals surface area contributed by atoms with Gasteiger partial charge in [0.25, 0.3) is 0 Å². The lowest BCUT2D eigenvalue weighted by atomic mass is 10.3. The molecule has 0 N–H and O–H groups in total. The van der Waals surface area contributed by atoms with E-state index in [2.05, 4.69) is 13.8 Å². The second-order valence-corrected chi connectivity index (χ2v) is 1.67. The third kappa shape index (κ3) is 11.5. The predicted octanol–water partition coefficient (Wildman–Crippen LogP) is 3.09. The molecule has 0 radical (unpaired) electrons. The van der Waals surface area contributed by atoms with Gasteiger partial charge in [-0.15, -0.1) is 0 Å². The normalized spacial score (nSPS) is 11.0. The van der Waals surface area contributed by atoms with E-state index in [1.165, 1.54) is 0 Å². The molecule has 0 aromatic heterocycles. The van der Waals surface area contributed by atoms with E-state index in [0.29, 0.717) is 6.10 Å². The van der Waals surface area contributed by atoms with Crippen molar-refractivity contribution in [2.75, 3.05) is 6.61 Å². The molecule has 0 aliphatic heterocycles. The molecule has 0 fully saturated rings. The topological polar surface area (TPSA) is 9.23 Å². The van der Waals surface area contributed by atoms with Gasteiger partial charge in [-0.25, -0.2) is 0 Å². The number of ether oxygens (including phenoxy) is 1. The zero-order valence-electron chi connectivity index (χ0n) is 5.40. The summed E-state index contributed by atoms with van der Waals surface area (Å²) in [6.07, 6.45) is 1.57. The molecule has 0 aliphatic rings. The Morgan fingerprint density at radius 2 is 1.67 bits per heavy atom. The first-order valence-corrected chi connectivity index (χ1v) is 2.92. The molecule has 0 rings (SSSR count). The quantitative estimate of drug-likeness (QED) is 0.576. The Morgan fingerprint density at radius 1 is 1.22 bits per heavy atom. The second kappa shape index (κ2) is 10.9. The van der Waals surface area contributed by atoms with Crippen molar-refractivity contribution >= 4 is 0 Å². The molecule has 9 heavy (non-hydrogen) atoms. The molecule has 0 spiro atoms. The van der Waals surface area contributed by atoms with Gasteiger partial charge in [0.1, 0.15) is 0 Å². The van der Waals surface area contributed by atoms with Crippen LogP contribution in [0.25, 0.3) is 0 Å². The Balaban J connectivity index is -0.000000180. The van der Waals surface area contributed by atoms with Crippen molar-refractivity contribution in [3.8, 4) is 0 Å². The summed E-state index contributed by atoms with van der Waals surface area (Å²) < 4.78 is 5.19. The van der Waals surface area contributed by atoms with Crippen molar-refractivity contribution in [1.29, 1.82) is 0 Å². The van der Waals surface area contributed by atoms with Crippen molar-refractivity contribution in [3.05, 3.63) is 0 Å². The molecule has 1 nitrogen and oxygen atoms in total. The molecule has 0 aromatic carbocycles.